The Morgan fingerprint density at radius 2 is 2.25 bits per heavy atom. The second-order valence-corrected chi connectivity index (χ2v) is 6.30. The van der Waals surface area contributed by atoms with E-state index in [1.807, 2.05) is 20.8 Å². The summed E-state index contributed by atoms with van der Waals surface area (Å²) >= 11 is 6.15. The number of morpholine rings is 1. The van der Waals surface area contributed by atoms with Crippen molar-refractivity contribution in [3.8, 4) is 0 Å². The van der Waals surface area contributed by atoms with Crippen LogP contribution in [0.25, 0.3) is 0 Å². The molecule has 1 aromatic carbocycles. The summed E-state index contributed by atoms with van der Waals surface area (Å²) in [6, 6.07) is 4.57. The van der Waals surface area contributed by atoms with Crippen molar-refractivity contribution in [1.29, 1.82) is 0 Å². The largest absolute Gasteiger partial charge is 0.370 e. The molecule has 2 rings (SSSR count). The van der Waals surface area contributed by atoms with Crippen LogP contribution < -0.4 is 0 Å². The molecule has 0 spiro atoms. The van der Waals surface area contributed by atoms with Gasteiger partial charge in [0.2, 0.25) is 0 Å². The average molecular weight is 299 g/mol. The summed E-state index contributed by atoms with van der Waals surface area (Å²) in [5, 5.41) is 11.4. The quantitative estimate of drug-likeness (QED) is 0.635. The SMILES string of the molecule is CC1CN(Cc2cc([N+](=O)[O-])ccc2Cl)CC(C)(C)O1. The third kappa shape index (κ3) is 3.69. The monoisotopic (exact) mass is 298 g/mol. The summed E-state index contributed by atoms with van der Waals surface area (Å²) in [4.78, 5) is 12.7. The van der Waals surface area contributed by atoms with E-state index in [1.54, 1.807) is 12.1 Å². The van der Waals surface area contributed by atoms with E-state index in [9.17, 15) is 10.1 Å². The third-order valence-electron chi connectivity index (χ3n) is 3.27. The first-order chi connectivity index (χ1) is 9.27. The van der Waals surface area contributed by atoms with Crippen molar-refractivity contribution in [2.24, 2.45) is 0 Å². The van der Waals surface area contributed by atoms with Crippen LogP contribution in [-0.4, -0.2) is 34.6 Å². The lowest BCUT2D eigenvalue weighted by molar-refractivity contribution is -0.384. The first kappa shape index (κ1) is 15.2. The van der Waals surface area contributed by atoms with E-state index in [4.69, 9.17) is 16.3 Å². The van der Waals surface area contributed by atoms with Gasteiger partial charge in [0.05, 0.1) is 16.6 Å². The molecular formula is C14H19ClN2O3. The zero-order chi connectivity index (χ0) is 14.9. The first-order valence-corrected chi connectivity index (χ1v) is 6.97. The van der Waals surface area contributed by atoms with Crippen LogP contribution in [0.1, 0.15) is 26.3 Å². The van der Waals surface area contributed by atoms with Crippen LogP contribution in [0.3, 0.4) is 0 Å². The highest BCUT2D eigenvalue weighted by Gasteiger charge is 2.31. The molecule has 1 unspecified atom stereocenters. The molecule has 0 saturated carbocycles. The number of ether oxygens (including phenoxy) is 1. The summed E-state index contributed by atoms with van der Waals surface area (Å²) in [6.45, 7) is 8.29. The Morgan fingerprint density at radius 1 is 1.55 bits per heavy atom. The molecular weight excluding hydrogens is 280 g/mol. The molecule has 0 amide bonds. The molecule has 1 aliphatic heterocycles. The molecule has 20 heavy (non-hydrogen) atoms. The van der Waals surface area contributed by atoms with Crippen LogP contribution >= 0.6 is 11.6 Å². The molecule has 0 radical (unpaired) electrons. The van der Waals surface area contributed by atoms with E-state index in [1.165, 1.54) is 6.07 Å². The minimum atomic E-state index is -0.397. The van der Waals surface area contributed by atoms with Crippen molar-refractivity contribution in [3.05, 3.63) is 38.9 Å². The lowest BCUT2D eigenvalue weighted by atomic mass is 10.0. The Labute approximate surface area is 123 Å². The molecule has 110 valence electrons. The molecule has 0 N–H and O–H groups in total. The first-order valence-electron chi connectivity index (χ1n) is 6.60. The smallest absolute Gasteiger partial charge is 0.269 e. The second kappa shape index (κ2) is 5.68. The maximum atomic E-state index is 10.8. The summed E-state index contributed by atoms with van der Waals surface area (Å²) in [7, 11) is 0. The fourth-order valence-electron chi connectivity index (χ4n) is 2.74. The number of hydrogen-bond donors (Lipinski definition) is 0. The number of nitrogens with zero attached hydrogens (tertiary/aromatic N) is 2. The number of nitro benzene ring substituents is 1. The standard InChI is InChI=1S/C14H19ClN2O3/c1-10-7-16(9-14(2,3)20-10)8-11-6-12(17(18)19)4-5-13(11)15/h4-6,10H,7-9H2,1-3H3. The number of halogens is 1. The van der Waals surface area contributed by atoms with E-state index in [0.29, 0.717) is 11.6 Å². The molecule has 6 heteroatoms. The Balaban J connectivity index is 2.17. The van der Waals surface area contributed by atoms with E-state index in [-0.39, 0.29) is 17.4 Å². The van der Waals surface area contributed by atoms with Gasteiger partial charge in [0.25, 0.3) is 5.69 Å². The van der Waals surface area contributed by atoms with Crippen molar-refractivity contribution in [2.45, 2.75) is 39.0 Å². The number of rotatable bonds is 3. The molecule has 0 bridgehead atoms. The highest BCUT2D eigenvalue weighted by molar-refractivity contribution is 6.31. The third-order valence-corrected chi connectivity index (χ3v) is 3.64. The number of non-ortho nitro benzene ring substituents is 1. The number of hydrogen-bond acceptors (Lipinski definition) is 4. The maximum absolute atomic E-state index is 10.8. The zero-order valence-corrected chi connectivity index (χ0v) is 12.7. The molecule has 1 atom stereocenters. The molecule has 0 aromatic heterocycles. The Kier molecular flexibility index (Phi) is 4.32. The second-order valence-electron chi connectivity index (χ2n) is 5.89. The zero-order valence-electron chi connectivity index (χ0n) is 11.9. The van der Waals surface area contributed by atoms with Crippen LogP contribution in [0, 0.1) is 10.1 Å². The van der Waals surface area contributed by atoms with Crippen molar-refractivity contribution in [2.75, 3.05) is 13.1 Å². The van der Waals surface area contributed by atoms with Gasteiger partial charge in [-0.25, -0.2) is 0 Å². The Morgan fingerprint density at radius 3 is 2.85 bits per heavy atom. The van der Waals surface area contributed by atoms with E-state index >= 15 is 0 Å². The van der Waals surface area contributed by atoms with Crippen molar-refractivity contribution < 1.29 is 9.66 Å². The van der Waals surface area contributed by atoms with E-state index in [0.717, 1.165) is 18.7 Å². The van der Waals surface area contributed by atoms with E-state index in [2.05, 4.69) is 4.90 Å². The summed E-state index contributed by atoms with van der Waals surface area (Å²) < 4.78 is 5.85. The number of benzene rings is 1. The van der Waals surface area contributed by atoms with Gasteiger partial charge in [0.15, 0.2) is 0 Å². The Hall–Kier alpha value is -1.17. The minimum Gasteiger partial charge on any atom is -0.370 e. The van der Waals surface area contributed by atoms with Gasteiger partial charge in [-0.2, -0.15) is 0 Å². The maximum Gasteiger partial charge on any atom is 0.269 e. The molecule has 0 aliphatic carbocycles. The lowest BCUT2D eigenvalue weighted by Gasteiger charge is -2.41. The molecule has 1 heterocycles. The van der Waals surface area contributed by atoms with Crippen molar-refractivity contribution in [1.82, 2.24) is 4.90 Å². The highest BCUT2D eigenvalue weighted by Crippen LogP contribution is 2.27. The molecule has 1 saturated heterocycles. The van der Waals surface area contributed by atoms with Gasteiger partial charge >= 0.3 is 0 Å². The fourth-order valence-corrected chi connectivity index (χ4v) is 2.92. The minimum absolute atomic E-state index is 0.0740. The van der Waals surface area contributed by atoms with Crippen molar-refractivity contribution in [3.63, 3.8) is 0 Å². The van der Waals surface area contributed by atoms with Crippen LogP contribution in [0.4, 0.5) is 5.69 Å². The predicted molar refractivity (Wildman–Crippen MR) is 78.0 cm³/mol. The van der Waals surface area contributed by atoms with Gasteiger partial charge in [-0.1, -0.05) is 11.6 Å². The topological polar surface area (TPSA) is 55.6 Å². The van der Waals surface area contributed by atoms with Gasteiger partial charge in [-0.15, -0.1) is 0 Å². The Bertz CT molecular complexity index is 519. The molecule has 1 aliphatic rings. The van der Waals surface area contributed by atoms with Crippen molar-refractivity contribution >= 4 is 17.3 Å². The van der Waals surface area contributed by atoms with Crippen LogP contribution in [0.2, 0.25) is 5.02 Å². The van der Waals surface area contributed by atoms with Gasteiger partial charge in [0.1, 0.15) is 0 Å². The average Bonchev–Trinajstić information content (AvgIpc) is 2.28. The normalized spacial score (nSPS) is 22.7. The molecule has 1 fully saturated rings. The predicted octanol–water partition coefficient (Wildman–Crippen LogP) is 3.25. The number of nitro groups is 1. The van der Waals surface area contributed by atoms with Gasteiger partial charge in [-0.3, -0.25) is 15.0 Å². The summed E-state index contributed by atoms with van der Waals surface area (Å²) in [5.74, 6) is 0. The van der Waals surface area contributed by atoms with Crippen LogP contribution in [0.15, 0.2) is 18.2 Å². The highest BCUT2D eigenvalue weighted by atomic mass is 35.5. The van der Waals surface area contributed by atoms with Gasteiger partial charge in [-0.05, 0) is 32.4 Å². The lowest BCUT2D eigenvalue weighted by Crippen LogP contribution is -2.51. The summed E-state index contributed by atoms with van der Waals surface area (Å²) in [5.41, 5.74) is 0.640. The summed E-state index contributed by atoms with van der Waals surface area (Å²) in [6.07, 6.45) is 0.135. The van der Waals surface area contributed by atoms with Gasteiger partial charge < -0.3 is 4.74 Å². The molecule has 5 nitrogen and oxygen atoms in total. The van der Waals surface area contributed by atoms with E-state index < -0.39 is 4.92 Å². The fraction of sp³-hybridized carbons (Fsp3) is 0.571. The van der Waals surface area contributed by atoms with Gasteiger partial charge in [0, 0.05) is 36.8 Å². The van der Waals surface area contributed by atoms with Crippen LogP contribution in [-0.2, 0) is 11.3 Å². The van der Waals surface area contributed by atoms with Crippen LogP contribution in [0.5, 0.6) is 0 Å². The molecule has 1 aromatic rings.